The van der Waals surface area contributed by atoms with Crippen LogP contribution in [0.2, 0.25) is 0 Å². The summed E-state index contributed by atoms with van der Waals surface area (Å²) in [4.78, 5) is 26.6. The van der Waals surface area contributed by atoms with E-state index in [2.05, 4.69) is 4.98 Å². The van der Waals surface area contributed by atoms with Gasteiger partial charge in [0.25, 0.3) is 5.69 Å². The first-order chi connectivity index (χ1) is 8.99. The molecule has 19 heavy (non-hydrogen) atoms. The summed E-state index contributed by atoms with van der Waals surface area (Å²) in [6.45, 7) is 3.91. The van der Waals surface area contributed by atoms with Crippen LogP contribution in [0.5, 0.6) is 0 Å². The van der Waals surface area contributed by atoms with Gasteiger partial charge in [-0.1, -0.05) is 19.9 Å². The van der Waals surface area contributed by atoms with Gasteiger partial charge in [0, 0.05) is 18.4 Å². The van der Waals surface area contributed by atoms with E-state index in [1.165, 1.54) is 11.3 Å². The van der Waals surface area contributed by atoms with Crippen LogP contribution in [-0.4, -0.2) is 15.7 Å². The first kappa shape index (κ1) is 13.6. The zero-order chi connectivity index (χ0) is 14.0. The number of hydrogen-bond acceptors (Lipinski definition) is 5. The Kier molecular flexibility index (Phi) is 3.90. The summed E-state index contributed by atoms with van der Waals surface area (Å²) in [7, 11) is 0. The normalized spacial score (nSPS) is 11.1. The molecule has 0 saturated heterocycles. The van der Waals surface area contributed by atoms with Crippen molar-refractivity contribution in [2.24, 2.45) is 5.92 Å². The molecule has 100 valence electrons. The van der Waals surface area contributed by atoms with Gasteiger partial charge in [0.2, 0.25) is 0 Å². The van der Waals surface area contributed by atoms with E-state index >= 15 is 0 Å². The van der Waals surface area contributed by atoms with Crippen LogP contribution >= 0.6 is 11.3 Å². The van der Waals surface area contributed by atoms with Crippen molar-refractivity contribution in [3.8, 4) is 0 Å². The molecule has 0 unspecified atom stereocenters. The Labute approximate surface area is 114 Å². The van der Waals surface area contributed by atoms with Crippen molar-refractivity contribution in [2.45, 2.75) is 26.7 Å². The van der Waals surface area contributed by atoms with Crippen LogP contribution in [0.4, 0.5) is 5.69 Å². The Morgan fingerprint density at radius 3 is 2.84 bits per heavy atom. The lowest BCUT2D eigenvalue weighted by Crippen LogP contribution is -2.08. The number of nitro groups is 1. The highest BCUT2D eigenvalue weighted by Gasteiger charge is 2.22. The number of hydrogen-bond donors (Lipinski definition) is 0. The van der Waals surface area contributed by atoms with Gasteiger partial charge >= 0.3 is 0 Å². The Morgan fingerprint density at radius 2 is 2.21 bits per heavy atom. The second kappa shape index (κ2) is 5.44. The molecule has 0 N–H and O–H groups in total. The van der Waals surface area contributed by atoms with Gasteiger partial charge < -0.3 is 0 Å². The number of carbonyl (C=O) groups is 1. The van der Waals surface area contributed by atoms with Gasteiger partial charge in [-0.15, -0.1) is 11.3 Å². The van der Waals surface area contributed by atoms with Gasteiger partial charge in [-0.2, -0.15) is 0 Å². The van der Waals surface area contributed by atoms with Crippen molar-refractivity contribution >= 4 is 33.0 Å². The topological polar surface area (TPSA) is 73.1 Å². The first-order valence-corrected chi connectivity index (χ1v) is 6.88. The number of Topliss-reactive ketones (excluding diaryl/α,β-unsaturated/α-hetero) is 1. The summed E-state index contributed by atoms with van der Waals surface area (Å²) >= 11 is 1.36. The molecule has 2 aromatic rings. The zero-order valence-electron chi connectivity index (χ0n) is 10.8. The number of nitro benzene ring substituents is 1. The van der Waals surface area contributed by atoms with E-state index in [0.29, 0.717) is 17.5 Å². The summed E-state index contributed by atoms with van der Waals surface area (Å²) in [6.07, 6.45) is 0.536. The van der Waals surface area contributed by atoms with Gasteiger partial charge in [-0.25, -0.2) is 4.98 Å². The maximum Gasteiger partial charge on any atom is 0.299 e. The maximum absolute atomic E-state index is 11.8. The summed E-state index contributed by atoms with van der Waals surface area (Å²) in [6, 6.07) is 3.45. The van der Waals surface area contributed by atoms with Crippen LogP contribution in [0.1, 0.15) is 25.8 Å². The van der Waals surface area contributed by atoms with Gasteiger partial charge in [-0.05, 0) is 12.0 Å². The predicted octanol–water partition coefficient (Wildman–Crippen LogP) is 3.36. The second-order valence-corrected chi connectivity index (χ2v) is 5.73. The Balaban J connectivity index is 2.39. The molecule has 0 atom stereocenters. The minimum absolute atomic E-state index is 0.0210. The monoisotopic (exact) mass is 278 g/mol. The van der Waals surface area contributed by atoms with Crippen molar-refractivity contribution in [3.05, 3.63) is 33.3 Å². The minimum Gasteiger partial charge on any atom is -0.299 e. The number of aromatic nitrogens is 1. The molecule has 0 bridgehead atoms. The van der Waals surface area contributed by atoms with Gasteiger partial charge in [-0.3, -0.25) is 14.9 Å². The number of nitrogens with zero attached hydrogens (tertiary/aromatic N) is 2. The molecular formula is C13H14N2O3S. The fourth-order valence-electron chi connectivity index (χ4n) is 2.04. The van der Waals surface area contributed by atoms with Crippen LogP contribution < -0.4 is 0 Å². The highest BCUT2D eigenvalue weighted by atomic mass is 32.1. The van der Waals surface area contributed by atoms with Crippen LogP contribution in [-0.2, 0) is 11.2 Å². The van der Waals surface area contributed by atoms with E-state index in [4.69, 9.17) is 0 Å². The van der Waals surface area contributed by atoms with E-state index in [-0.39, 0.29) is 23.8 Å². The molecule has 1 aromatic heterocycles. The highest BCUT2D eigenvalue weighted by molar-refractivity contribution is 7.16. The molecule has 0 spiro atoms. The summed E-state index contributed by atoms with van der Waals surface area (Å²) in [5.74, 6) is 0.280. The molecule has 0 amide bonds. The predicted molar refractivity (Wildman–Crippen MR) is 74.4 cm³/mol. The zero-order valence-corrected chi connectivity index (χ0v) is 11.6. The van der Waals surface area contributed by atoms with Crippen LogP contribution in [0.3, 0.4) is 0 Å². The van der Waals surface area contributed by atoms with Gasteiger partial charge in [0.05, 0.1) is 15.1 Å². The number of benzene rings is 1. The molecular weight excluding hydrogens is 264 g/mol. The molecule has 2 rings (SSSR count). The SMILES string of the molecule is CC(C)CC(=O)Cc1ccc2scnc2c1[N+](=O)[O-]. The quantitative estimate of drug-likeness (QED) is 0.621. The lowest BCUT2D eigenvalue weighted by molar-refractivity contribution is -0.383. The molecule has 0 aliphatic rings. The van der Waals surface area contributed by atoms with E-state index in [9.17, 15) is 14.9 Å². The summed E-state index contributed by atoms with van der Waals surface area (Å²) in [5, 5.41) is 11.2. The number of carbonyl (C=O) groups excluding carboxylic acids is 1. The van der Waals surface area contributed by atoms with Crippen molar-refractivity contribution in [3.63, 3.8) is 0 Å². The van der Waals surface area contributed by atoms with Crippen molar-refractivity contribution in [1.29, 1.82) is 0 Å². The van der Waals surface area contributed by atoms with Crippen molar-refractivity contribution in [1.82, 2.24) is 4.98 Å². The number of thiazole rings is 1. The second-order valence-electron chi connectivity index (χ2n) is 4.84. The standard InChI is InChI=1S/C13H14N2O3S/c1-8(2)5-10(16)6-9-3-4-11-12(14-7-19-11)13(9)15(17)18/h3-4,7-8H,5-6H2,1-2H3. The Hall–Kier alpha value is -1.82. The van der Waals surface area contributed by atoms with E-state index in [0.717, 1.165) is 4.70 Å². The van der Waals surface area contributed by atoms with E-state index < -0.39 is 4.92 Å². The third-order valence-electron chi connectivity index (χ3n) is 2.77. The number of rotatable bonds is 5. The minimum atomic E-state index is -0.444. The van der Waals surface area contributed by atoms with E-state index in [1.807, 2.05) is 13.8 Å². The summed E-state index contributed by atoms with van der Waals surface area (Å²) in [5.41, 5.74) is 2.38. The average Bonchev–Trinajstić information content (AvgIpc) is 2.74. The Morgan fingerprint density at radius 1 is 1.47 bits per heavy atom. The molecule has 0 saturated carbocycles. The maximum atomic E-state index is 11.8. The number of fused-ring (bicyclic) bond motifs is 1. The van der Waals surface area contributed by atoms with Gasteiger partial charge in [0.15, 0.2) is 5.52 Å². The van der Waals surface area contributed by atoms with Crippen LogP contribution in [0.25, 0.3) is 10.2 Å². The molecule has 5 nitrogen and oxygen atoms in total. The fourth-order valence-corrected chi connectivity index (χ4v) is 2.72. The molecule has 1 aromatic carbocycles. The van der Waals surface area contributed by atoms with Crippen molar-refractivity contribution in [2.75, 3.05) is 0 Å². The molecule has 0 fully saturated rings. The molecule has 0 aliphatic heterocycles. The lowest BCUT2D eigenvalue weighted by Gasteiger charge is -2.05. The number of ketones is 1. The van der Waals surface area contributed by atoms with Crippen molar-refractivity contribution < 1.29 is 9.72 Å². The molecule has 6 heteroatoms. The fraction of sp³-hybridized carbons (Fsp3) is 0.385. The third-order valence-corrected chi connectivity index (χ3v) is 3.56. The van der Waals surface area contributed by atoms with Crippen LogP contribution in [0, 0.1) is 16.0 Å². The van der Waals surface area contributed by atoms with E-state index in [1.54, 1.807) is 17.6 Å². The van der Waals surface area contributed by atoms with Crippen LogP contribution in [0.15, 0.2) is 17.6 Å². The molecule has 0 radical (unpaired) electrons. The first-order valence-electron chi connectivity index (χ1n) is 6.00. The molecule has 1 heterocycles. The Bertz CT molecular complexity index is 634. The van der Waals surface area contributed by atoms with Gasteiger partial charge in [0.1, 0.15) is 5.78 Å². The largest absolute Gasteiger partial charge is 0.299 e. The molecule has 0 aliphatic carbocycles. The lowest BCUT2D eigenvalue weighted by atomic mass is 10.00. The smallest absolute Gasteiger partial charge is 0.299 e. The summed E-state index contributed by atoms with van der Waals surface area (Å²) < 4.78 is 0.770. The average molecular weight is 278 g/mol. The highest BCUT2D eigenvalue weighted by Crippen LogP contribution is 2.31. The third kappa shape index (κ3) is 2.96.